The minimum Gasteiger partial charge on any atom is -0.487 e. The largest absolute Gasteiger partial charge is 0.487 e. The Labute approximate surface area is 128 Å². The molecule has 0 aliphatic rings. The van der Waals surface area contributed by atoms with Crippen LogP contribution < -0.4 is 4.74 Å². The molecule has 3 rings (SSSR count). The number of rotatable bonds is 5. The normalized spacial score (nSPS) is 10.4. The molecule has 0 saturated heterocycles. The van der Waals surface area contributed by atoms with E-state index in [2.05, 4.69) is 4.98 Å². The Bertz CT molecular complexity index is 761. The zero-order chi connectivity index (χ0) is 15.4. The van der Waals surface area contributed by atoms with Crippen molar-refractivity contribution in [3.05, 3.63) is 72.1 Å². The quantitative estimate of drug-likeness (QED) is 0.664. The predicted octanol–water partition coefficient (Wildman–Crippen LogP) is 4.12. The highest BCUT2D eigenvalue weighted by Crippen LogP contribution is 2.19. The number of hydrogen-bond acceptors (Lipinski definition) is 4. The summed E-state index contributed by atoms with van der Waals surface area (Å²) in [6.07, 6.45) is 1.59. The van der Waals surface area contributed by atoms with E-state index in [1.54, 1.807) is 30.5 Å². The molecule has 0 N–H and O–H groups in total. The number of nitrogens with zero attached hydrogens (tertiary/aromatic N) is 1. The number of Topliss-reactive ketones (excluding diaryl/α,β-unsaturated/α-hetero) is 1. The number of ketones is 1. The topological polar surface area (TPSA) is 52.3 Å². The van der Waals surface area contributed by atoms with Gasteiger partial charge in [0.1, 0.15) is 24.3 Å². The first kappa shape index (κ1) is 14.1. The van der Waals surface area contributed by atoms with E-state index < -0.39 is 0 Å². The molecule has 4 heteroatoms. The van der Waals surface area contributed by atoms with Crippen molar-refractivity contribution in [1.29, 1.82) is 0 Å². The highest BCUT2D eigenvalue weighted by Gasteiger charge is 2.07. The fraction of sp³-hybridized carbons (Fsp3) is 0.111. The standard InChI is InChI=1S/C18H15NO3/c1-13(20)14-7-9-17(10-8-14)21-11-16-12-22-18(19-16)15-5-3-2-4-6-15/h2-10,12H,11H2,1H3. The molecule has 0 spiro atoms. The summed E-state index contributed by atoms with van der Waals surface area (Å²) in [6, 6.07) is 16.7. The lowest BCUT2D eigenvalue weighted by Crippen LogP contribution is -1.97. The third-order valence-electron chi connectivity index (χ3n) is 3.22. The molecule has 3 aromatic rings. The Hall–Kier alpha value is -2.88. The molecular formula is C18H15NO3. The van der Waals surface area contributed by atoms with Gasteiger partial charge in [-0.1, -0.05) is 18.2 Å². The SMILES string of the molecule is CC(=O)c1ccc(OCc2coc(-c3ccccc3)n2)cc1. The summed E-state index contributed by atoms with van der Waals surface area (Å²) in [7, 11) is 0. The summed E-state index contributed by atoms with van der Waals surface area (Å²) in [5.74, 6) is 1.30. The average molecular weight is 293 g/mol. The molecule has 1 aromatic heterocycles. The molecule has 2 aromatic carbocycles. The van der Waals surface area contributed by atoms with E-state index in [-0.39, 0.29) is 5.78 Å². The van der Waals surface area contributed by atoms with Crippen LogP contribution in [0.4, 0.5) is 0 Å². The van der Waals surface area contributed by atoms with Crippen molar-refractivity contribution < 1.29 is 13.9 Å². The Morgan fingerprint density at radius 3 is 2.50 bits per heavy atom. The van der Waals surface area contributed by atoms with Crippen LogP contribution in [0.25, 0.3) is 11.5 Å². The number of ether oxygens (including phenoxy) is 1. The second kappa shape index (κ2) is 6.26. The molecule has 1 heterocycles. The predicted molar refractivity (Wildman–Crippen MR) is 82.7 cm³/mol. The van der Waals surface area contributed by atoms with E-state index in [0.717, 1.165) is 11.3 Å². The summed E-state index contributed by atoms with van der Waals surface area (Å²) in [5, 5.41) is 0. The maximum atomic E-state index is 11.2. The van der Waals surface area contributed by atoms with Gasteiger partial charge in [-0.15, -0.1) is 0 Å². The number of benzene rings is 2. The van der Waals surface area contributed by atoms with Crippen molar-refractivity contribution in [3.63, 3.8) is 0 Å². The number of aromatic nitrogens is 1. The second-order valence-corrected chi connectivity index (χ2v) is 4.88. The first-order valence-corrected chi connectivity index (χ1v) is 6.96. The highest BCUT2D eigenvalue weighted by molar-refractivity contribution is 5.94. The van der Waals surface area contributed by atoms with E-state index in [0.29, 0.717) is 23.8 Å². The Kier molecular flexibility index (Phi) is 4.01. The lowest BCUT2D eigenvalue weighted by molar-refractivity contribution is 0.101. The molecule has 22 heavy (non-hydrogen) atoms. The molecule has 0 aliphatic carbocycles. The third-order valence-corrected chi connectivity index (χ3v) is 3.22. The summed E-state index contributed by atoms with van der Waals surface area (Å²) in [6.45, 7) is 1.85. The van der Waals surface area contributed by atoms with Gasteiger partial charge in [-0.25, -0.2) is 4.98 Å². The summed E-state index contributed by atoms with van der Waals surface area (Å²) >= 11 is 0. The van der Waals surface area contributed by atoms with Crippen LogP contribution >= 0.6 is 0 Å². The maximum absolute atomic E-state index is 11.2. The van der Waals surface area contributed by atoms with Gasteiger partial charge in [0.25, 0.3) is 0 Å². The third kappa shape index (κ3) is 3.23. The lowest BCUT2D eigenvalue weighted by atomic mass is 10.1. The molecule has 0 unspecified atom stereocenters. The van der Waals surface area contributed by atoms with Crippen molar-refractivity contribution in [1.82, 2.24) is 4.98 Å². The smallest absolute Gasteiger partial charge is 0.226 e. The van der Waals surface area contributed by atoms with E-state index in [9.17, 15) is 4.79 Å². The van der Waals surface area contributed by atoms with Gasteiger partial charge in [-0.2, -0.15) is 0 Å². The van der Waals surface area contributed by atoms with Crippen LogP contribution in [0.2, 0.25) is 0 Å². The minimum absolute atomic E-state index is 0.0376. The van der Waals surface area contributed by atoms with Gasteiger partial charge in [0.15, 0.2) is 5.78 Å². The molecule has 0 bridgehead atoms. The average Bonchev–Trinajstić information content (AvgIpc) is 3.03. The first-order valence-electron chi connectivity index (χ1n) is 6.96. The van der Waals surface area contributed by atoms with Crippen LogP contribution in [0.15, 0.2) is 65.3 Å². The Balaban J connectivity index is 1.65. The zero-order valence-electron chi connectivity index (χ0n) is 12.2. The summed E-state index contributed by atoms with van der Waals surface area (Å²) in [4.78, 5) is 15.6. The number of carbonyl (C=O) groups excluding carboxylic acids is 1. The van der Waals surface area contributed by atoms with E-state index in [1.807, 2.05) is 30.3 Å². The zero-order valence-corrected chi connectivity index (χ0v) is 12.2. The van der Waals surface area contributed by atoms with Crippen molar-refractivity contribution in [2.24, 2.45) is 0 Å². The van der Waals surface area contributed by atoms with Crippen LogP contribution in [-0.4, -0.2) is 10.8 Å². The summed E-state index contributed by atoms with van der Waals surface area (Å²) in [5.41, 5.74) is 2.31. The Morgan fingerprint density at radius 2 is 1.82 bits per heavy atom. The molecule has 110 valence electrons. The van der Waals surface area contributed by atoms with Crippen molar-refractivity contribution in [2.75, 3.05) is 0 Å². The summed E-state index contributed by atoms with van der Waals surface area (Å²) < 4.78 is 11.1. The van der Waals surface area contributed by atoms with E-state index in [1.165, 1.54) is 6.92 Å². The van der Waals surface area contributed by atoms with Crippen molar-refractivity contribution >= 4 is 5.78 Å². The van der Waals surface area contributed by atoms with Gasteiger partial charge in [-0.05, 0) is 43.3 Å². The molecule has 0 atom stereocenters. The van der Waals surface area contributed by atoms with Gasteiger partial charge in [0.2, 0.25) is 5.89 Å². The molecule has 0 fully saturated rings. The molecular weight excluding hydrogens is 278 g/mol. The Morgan fingerprint density at radius 1 is 1.09 bits per heavy atom. The van der Waals surface area contributed by atoms with Crippen molar-refractivity contribution in [2.45, 2.75) is 13.5 Å². The van der Waals surface area contributed by atoms with E-state index in [4.69, 9.17) is 9.15 Å². The lowest BCUT2D eigenvalue weighted by Gasteiger charge is -2.04. The van der Waals surface area contributed by atoms with Gasteiger partial charge < -0.3 is 9.15 Å². The van der Waals surface area contributed by atoms with Crippen LogP contribution in [-0.2, 0) is 6.61 Å². The fourth-order valence-electron chi connectivity index (χ4n) is 2.03. The van der Waals surface area contributed by atoms with Crippen LogP contribution in [0.5, 0.6) is 5.75 Å². The van der Waals surface area contributed by atoms with Crippen LogP contribution in [0, 0.1) is 0 Å². The second-order valence-electron chi connectivity index (χ2n) is 4.88. The highest BCUT2D eigenvalue weighted by atomic mass is 16.5. The van der Waals surface area contributed by atoms with Gasteiger partial charge in [0, 0.05) is 11.1 Å². The molecule has 0 saturated carbocycles. The molecule has 4 nitrogen and oxygen atoms in total. The van der Waals surface area contributed by atoms with Gasteiger partial charge in [-0.3, -0.25) is 4.79 Å². The van der Waals surface area contributed by atoms with Gasteiger partial charge in [0.05, 0.1) is 0 Å². The monoisotopic (exact) mass is 293 g/mol. The first-order chi connectivity index (χ1) is 10.7. The van der Waals surface area contributed by atoms with Crippen LogP contribution in [0.3, 0.4) is 0 Å². The number of carbonyl (C=O) groups is 1. The van der Waals surface area contributed by atoms with E-state index >= 15 is 0 Å². The molecule has 0 amide bonds. The minimum atomic E-state index is 0.0376. The van der Waals surface area contributed by atoms with Crippen molar-refractivity contribution in [3.8, 4) is 17.2 Å². The molecule has 0 aliphatic heterocycles. The van der Waals surface area contributed by atoms with Gasteiger partial charge >= 0.3 is 0 Å². The fourth-order valence-corrected chi connectivity index (χ4v) is 2.03. The number of hydrogen-bond donors (Lipinski definition) is 0. The molecule has 0 radical (unpaired) electrons. The number of oxazole rings is 1. The maximum Gasteiger partial charge on any atom is 0.226 e. The van der Waals surface area contributed by atoms with Crippen LogP contribution in [0.1, 0.15) is 23.0 Å².